The minimum atomic E-state index is 0.153. The van der Waals surface area contributed by atoms with E-state index < -0.39 is 0 Å². The molecule has 0 saturated carbocycles. The zero-order valence-corrected chi connectivity index (χ0v) is 18.3. The first kappa shape index (κ1) is 22.6. The van der Waals surface area contributed by atoms with Crippen molar-refractivity contribution in [1.82, 2.24) is 15.5 Å². The summed E-state index contributed by atoms with van der Waals surface area (Å²) in [5, 5.41) is 6.74. The number of methoxy groups -OCH3 is 2. The molecule has 0 spiro atoms. The van der Waals surface area contributed by atoms with E-state index in [2.05, 4.69) is 40.8 Å². The summed E-state index contributed by atoms with van der Waals surface area (Å²) in [7, 11) is 3.33. The highest BCUT2D eigenvalue weighted by Crippen LogP contribution is 2.32. The van der Waals surface area contributed by atoms with Gasteiger partial charge in [-0.05, 0) is 30.9 Å². The van der Waals surface area contributed by atoms with Crippen molar-refractivity contribution in [3.63, 3.8) is 0 Å². The van der Waals surface area contributed by atoms with Crippen LogP contribution in [0.5, 0.6) is 11.5 Å². The van der Waals surface area contributed by atoms with Crippen molar-refractivity contribution in [2.24, 2.45) is 4.99 Å². The van der Waals surface area contributed by atoms with Crippen LogP contribution < -0.4 is 20.1 Å². The molecule has 0 aromatic heterocycles. The van der Waals surface area contributed by atoms with Crippen molar-refractivity contribution in [1.29, 1.82) is 0 Å². The van der Waals surface area contributed by atoms with E-state index in [1.807, 2.05) is 17.8 Å². The van der Waals surface area contributed by atoms with Crippen LogP contribution in [0.1, 0.15) is 18.5 Å². The van der Waals surface area contributed by atoms with Gasteiger partial charge in [0.15, 0.2) is 17.5 Å². The van der Waals surface area contributed by atoms with E-state index in [0.717, 1.165) is 62.6 Å². The molecule has 1 fully saturated rings. The maximum Gasteiger partial charge on any atom is 0.191 e. The second-order valence-corrected chi connectivity index (χ2v) is 7.40. The van der Waals surface area contributed by atoms with Crippen LogP contribution in [0.25, 0.3) is 0 Å². The van der Waals surface area contributed by atoms with Crippen LogP contribution in [0.2, 0.25) is 0 Å². The molecule has 1 atom stereocenters. The molecule has 1 aliphatic rings. The van der Waals surface area contributed by atoms with Crippen molar-refractivity contribution in [2.75, 3.05) is 72.2 Å². The molecule has 0 bridgehead atoms. The second kappa shape index (κ2) is 12.7. The number of thioether (sulfide) groups is 1. The van der Waals surface area contributed by atoms with E-state index in [-0.39, 0.29) is 6.04 Å². The van der Waals surface area contributed by atoms with Crippen molar-refractivity contribution < 1.29 is 14.2 Å². The number of morpholine rings is 1. The zero-order chi connectivity index (χ0) is 20.2. The van der Waals surface area contributed by atoms with Crippen molar-refractivity contribution >= 4 is 17.7 Å². The minimum absolute atomic E-state index is 0.153. The van der Waals surface area contributed by atoms with Crippen LogP contribution in [0.15, 0.2) is 23.2 Å². The molecule has 28 heavy (non-hydrogen) atoms. The van der Waals surface area contributed by atoms with Crippen LogP contribution >= 0.6 is 11.8 Å². The Kier molecular flexibility index (Phi) is 10.3. The third-order valence-corrected chi connectivity index (χ3v) is 5.26. The summed E-state index contributed by atoms with van der Waals surface area (Å²) in [6.07, 6.45) is 2.11. The monoisotopic (exact) mass is 410 g/mol. The summed E-state index contributed by atoms with van der Waals surface area (Å²) >= 11 is 1.82. The smallest absolute Gasteiger partial charge is 0.191 e. The fourth-order valence-corrected chi connectivity index (χ4v) is 3.48. The Labute approximate surface area is 173 Å². The summed E-state index contributed by atoms with van der Waals surface area (Å²) in [6, 6.07) is 6.28. The standard InChI is InChI=1S/C20H34N4O3S/c1-5-21-20(22-8-13-28-4)23-15-17(24-9-11-27-12-10-24)16-6-7-18(25-2)19(14-16)26-3/h6-7,14,17H,5,8-13,15H2,1-4H3,(H2,21,22,23). The average Bonchev–Trinajstić information content (AvgIpc) is 2.74. The summed E-state index contributed by atoms with van der Waals surface area (Å²) in [5.41, 5.74) is 1.17. The number of guanidine groups is 1. The lowest BCUT2D eigenvalue weighted by atomic mass is 10.0. The van der Waals surface area contributed by atoms with Gasteiger partial charge < -0.3 is 24.8 Å². The normalized spacial score (nSPS) is 16.5. The zero-order valence-electron chi connectivity index (χ0n) is 17.5. The molecule has 7 nitrogen and oxygen atoms in total. The molecule has 8 heteroatoms. The first-order valence-corrected chi connectivity index (χ1v) is 11.2. The predicted octanol–water partition coefficient (Wildman–Crippen LogP) is 2.00. The van der Waals surface area contributed by atoms with Gasteiger partial charge in [-0.2, -0.15) is 11.8 Å². The number of ether oxygens (including phenoxy) is 3. The van der Waals surface area contributed by atoms with Gasteiger partial charge in [-0.25, -0.2) is 0 Å². The van der Waals surface area contributed by atoms with Gasteiger partial charge >= 0.3 is 0 Å². The maximum absolute atomic E-state index is 5.55. The number of benzene rings is 1. The van der Waals surface area contributed by atoms with Gasteiger partial charge in [-0.3, -0.25) is 9.89 Å². The van der Waals surface area contributed by atoms with E-state index in [1.165, 1.54) is 5.56 Å². The molecule has 1 unspecified atom stereocenters. The van der Waals surface area contributed by atoms with Gasteiger partial charge in [0.05, 0.1) is 40.0 Å². The van der Waals surface area contributed by atoms with E-state index in [1.54, 1.807) is 14.2 Å². The van der Waals surface area contributed by atoms with Crippen LogP contribution in [-0.4, -0.2) is 83.0 Å². The van der Waals surface area contributed by atoms with E-state index in [4.69, 9.17) is 19.2 Å². The topological polar surface area (TPSA) is 67.4 Å². The summed E-state index contributed by atoms with van der Waals surface area (Å²) in [6.45, 7) is 7.76. The van der Waals surface area contributed by atoms with Crippen LogP contribution in [0, 0.1) is 0 Å². The van der Waals surface area contributed by atoms with E-state index >= 15 is 0 Å². The summed E-state index contributed by atoms with van der Waals surface area (Å²) in [4.78, 5) is 7.30. The first-order valence-electron chi connectivity index (χ1n) is 9.78. The highest BCUT2D eigenvalue weighted by Gasteiger charge is 2.24. The molecular formula is C20H34N4O3S. The third kappa shape index (κ3) is 6.76. The summed E-state index contributed by atoms with van der Waals surface area (Å²) in [5.74, 6) is 3.39. The number of nitrogens with zero attached hydrogens (tertiary/aromatic N) is 2. The third-order valence-electron chi connectivity index (χ3n) is 4.64. The maximum atomic E-state index is 5.55. The molecule has 1 aliphatic heterocycles. The molecule has 0 amide bonds. The SMILES string of the molecule is CCNC(=NCC(c1ccc(OC)c(OC)c1)N1CCOCC1)NCCSC. The number of nitrogens with one attached hydrogen (secondary N) is 2. The van der Waals surface area contributed by atoms with Gasteiger partial charge in [0.2, 0.25) is 0 Å². The van der Waals surface area contributed by atoms with Crippen molar-refractivity contribution in [3.05, 3.63) is 23.8 Å². The Morgan fingerprint density at radius 2 is 1.96 bits per heavy atom. The Bertz CT molecular complexity index is 609. The van der Waals surface area contributed by atoms with Gasteiger partial charge in [-0.1, -0.05) is 6.07 Å². The lowest BCUT2D eigenvalue weighted by molar-refractivity contribution is 0.0179. The lowest BCUT2D eigenvalue weighted by Crippen LogP contribution is -2.42. The molecule has 1 saturated heterocycles. The lowest BCUT2D eigenvalue weighted by Gasteiger charge is -2.34. The highest BCUT2D eigenvalue weighted by molar-refractivity contribution is 7.98. The van der Waals surface area contributed by atoms with Crippen LogP contribution in [-0.2, 0) is 4.74 Å². The number of rotatable bonds is 10. The van der Waals surface area contributed by atoms with Gasteiger partial charge in [0.25, 0.3) is 0 Å². The number of hydrogen-bond donors (Lipinski definition) is 2. The largest absolute Gasteiger partial charge is 0.493 e. The quantitative estimate of drug-likeness (QED) is 0.347. The summed E-state index contributed by atoms with van der Waals surface area (Å²) < 4.78 is 16.5. The fourth-order valence-electron chi connectivity index (χ4n) is 3.17. The number of hydrogen-bond acceptors (Lipinski definition) is 6. The first-order chi connectivity index (χ1) is 13.7. The predicted molar refractivity (Wildman–Crippen MR) is 117 cm³/mol. The van der Waals surface area contributed by atoms with Crippen LogP contribution in [0.4, 0.5) is 0 Å². The number of aliphatic imine (C=N–C) groups is 1. The minimum Gasteiger partial charge on any atom is -0.493 e. The van der Waals surface area contributed by atoms with E-state index in [9.17, 15) is 0 Å². The molecule has 2 rings (SSSR count). The van der Waals surface area contributed by atoms with Crippen molar-refractivity contribution in [2.45, 2.75) is 13.0 Å². The molecule has 158 valence electrons. The Hall–Kier alpha value is -1.64. The van der Waals surface area contributed by atoms with Gasteiger partial charge in [0.1, 0.15) is 0 Å². The Morgan fingerprint density at radius 3 is 2.61 bits per heavy atom. The average molecular weight is 411 g/mol. The fraction of sp³-hybridized carbons (Fsp3) is 0.650. The molecule has 1 heterocycles. The molecule has 0 aliphatic carbocycles. The molecule has 1 aromatic rings. The highest BCUT2D eigenvalue weighted by atomic mass is 32.2. The molecule has 1 aromatic carbocycles. The van der Waals surface area contributed by atoms with Crippen molar-refractivity contribution in [3.8, 4) is 11.5 Å². The Balaban J connectivity index is 2.22. The van der Waals surface area contributed by atoms with Gasteiger partial charge in [-0.15, -0.1) is 0 Å². The molecule has 2 N–H and O–H groups in total. The Morgan fingerprint density at radius 1 is 1.21 bits per heavy atom. The second-order valence-electron chi connectivity index (χ2n) is 6.42. The van der Waals surface area contributed by atoms with E-state index in [0.29, 0.717) is 6.54 Å². The molecule has 0 radical (unpaired) electrons. The van der Waals surface area contributed by atoms with Gasteiger partial charge in [0, 0.05) is 31.9 Å². The van der Waals surface area contributed by atoms with Crippen LogP contribution in [0.3, 0.4) is 0 Å². The molecular weight excluding hydrogens is 376 g/mol.